The molecule has 0 N–H and O–H groups in total. The SMILES string of the molecule is O=C(Cc1cccs1)N1CCC(OCCCl)CC1. The summed E-state index contributed by atoms with van der Waals surface area (Å²) in [6.45, 7) is 2.21. The number of ether oxygens (including phenoxy) is 1. The molecule has 1 saturated heterocycles. The quantitative estimate of drug-likeness (QED) is 0.779. The monoisotopic (exact) mass is 287 g/mol. The number of alkyl halides is 1. The number of carbonyl (C=O) groups excluding carboxylic acids is 1. The van der Waals surface area contributed by atoms with Crippen LogP contribution in [0.1, 0.15) is 17.7 Å². The second-order valence-corrected chi connectivity index (χ2v) is 5.81. The summed E-state index contributed by atoms with van der Waals surface area (Å²) in [6, 6.07) is 4.00. The van der Waals surface area contributed by atoms with Crippen LogP contribution in [0.2, 0.25) is 0 Å². The Morgan fingerprint density at radius 2 is 2.28 bits per heavy atom. The van der Waals surface area contributed by atoms with Crippen molar-refractivity contribution in [2.45, 2.75) is 25.4 Å². The van der Waals surface area contributed by atoms with Crippen molar-refractivity contribution < 1.29 is 9.53 Å². The average Bonchev–Trinajstić information content (AvgIpc) is 2.89. The van der Waals surface area contributed by atoms with Crippen LogP contribution < -0.4 is 0 Å². The summed E-state index contributed by atoms with van der Waals surface area (Å²) in [6.07, 6.45) is 2.65. The number of piperidine rings is 1. The van der Waals surface area contributed by atoms with Crippen LogP contribution in [0.5, 0.6) is 0 Å². The van der Waals surface area contributed by atoms with Crippen molar-refractivity contribution in [2.75, 3.05) is 25.6 Å². The maximum absolute atomic E-state index is 12.1. The van der Waals surface area contributed by atoms with Gasteiger partial charge in [-0.2, -0.15) is 0 Å². The van der Waals surface area contributed by atoms with Crippen molar-refractivity contribution in [3.05, 3.63) is 22.4 Å². The molecule has 0 aliphatic carbocycles. The maximum atomic E-state index is 12.1. The van der Waals surface area contributed by atoms with Gasteiger partial charge in [-0.05, 0) is 24.3 Å². The van der Waals surface area contributed by atoms with Crippen molar-refractivity contribution in [1.29, 1.82) is 0 Å². The average molecular weight is 288 g/mol. The van der Waals surface area contributed by atoms with Crippen LogP contribution in [-0.2, 0) is 16.0 Å². The Hall–Kier alpha value is -0.580. The normalized spacial score (nSPS) is 17.1. The zero-order valence-electron chi connectivity index (χ0n) is 10.3. The summed E-state index contributed by atoms with van der Waals surface area (Å²) in [5, 5.41) is 2.01. The molecule has 1 aliphatic heterocycles. The minimum atomic E-state index is 0.230. The first kappa shape index (κ1) is 13.8. The first-order chi connectivity index (χ1) is 8.79. The number of hydrogen-bond acceptors (Lipinski definition) is 3. The molecule has 0 spiro atoms. The Morgan fingerprint density at radius 1 is 1.50 bits per heavy atom. The van der Waals surface area contributed by atoms with Gasteiger partial charge >= 0.3 is 0 Å². The molecule has 1 aromatic rings. The summed E-state index contributed by atoms with van der Waals surface area (Å²) in [7, 11) is 0. The minimum Gasteiger partial charge on any atom is -0.377 e. The number of likely N-dealkylation sites (tertiary alicyclic amines) is 1. The highest BCUT2D eigenvalue weighted by molar-refractivity contribution is 7.10. The van der Waals surface area contributed by atoms with E-state index in [2.05, 4.69) is 0 Å². The molecule has 3 nitrogen and oxygen atoms in total. The van der Waals surface area contributed by atoms with Gasteiger partial charge < -0.3 is 9.64 Å². The first-order valence-electron chi connectivity index (χ1n) is 6.27. The van der Waals surface area contributed by atoms with Gasteiger partial charge in [-0.15, -0.1) is 22.9 Å². The Balaban J connectivity index is 1.73. The second-order valence-electron chi connectivity index (χ2n) is 4.40. The largest absolute Gasteiger partial charge is 0.377 e. The van der Waals surface area contributed by atoms with Gasteiger partial charge in [0.15, 0.2) is 0 Å². The van der Waals surface area contributed by atoms with Crippen LogP contribution >= 0.6 is 22.9 Å². The highest BCUT2D eigenvalue weighted by Gasteiger charge is 2.23. The molecule has 100 valence electrons. The van der Waals surface area contributed by atoms with Gasteiger partial charge in [-0.3, -0.25) is 4.79 Å². The molecule has 0 radical (unpaired) electrons. The fraction of sp³-hybridized carbons (Fsp3) is 0.615. The van der Waals surface area contributed by atoms with Crippen LogP contribution in [0.25, 0.3) is 0 Å². The van der Waals surface area contributed by atoms with Crippen molar-refractivity contribution in [1.82, 2.24) is 4.90 Å². The number of thiophene rings is 1. The highest BCUT2D eigenvalue weighted by Crippen LogP contribution is 2.16. The molecule has 0 atom stereocenters. The van der Waals surface area contributed by atoms with Gasteiger partial charge in [-0.1, -0.05) is 6.07 Å². The number of rotatable bonds is 5. The predicted molar refractivity (Wildman–Crippen MR) is 74.3 cm³/mol. The molecule has 0 unspecified atom stereocenters. The molecule has 1 fully saturated rings. The third kappa shape index (κ3) is 3.97. The van der Waals surface area contributed by atoms with E-state index in [9.17, 15) is 4.79 Å². The van der Waals surface area contributed by atoms with Crippen molar-refractivity contribution in [2.24, 2.45) is 0 Å². The summed E-state index contributed by atoms with van der Waals surface area (Å²) in [4.78, 5) is 15.1. The van der Waals surface area contributed by atoms with Crippen LogP contribution in [0.15, 0.2) is 17.5 Å². The lowest BCUT2D eigenvalue weighted by molar-refractivity contribution is -0.132. The molecular formula is C13H18ClNO2S. The van der Waals surface area contributed by atoms with E-state index in [0.717, 1.165) is 30.8 Å². The zero-order valence-corrected chi connectivity index (χ0v) is 11.9. The van der Waals surface area contributed by atoms with E-state index in [-0.39, 0.29) is 12.0 Å². The van der Waals surface area contributed by atoms with Crippen molar-refractivity contribution in [3.8, 4) is 0 Å². The van der Waals surface area contributed by atoms with Crippen LogP contribution in [0.4, 0.5) is 0 Å². The van der Waals surface area contributed by atoms with Crippen molar-refractivity contribution in [3.63, 3.8) is 0 Å². The molecule has 1 amide bonds. The van der Waals surface area contributed by atoms with Crippen LogP contribution in [-0.4, -0.2) is 42.5 Å². The Kier molecular flexibility index (Phi) is 5.47. The second kappa shape index (κ2) is 7.12. The lowest BCUT2D eigenvalue weighted by atomic mass is 10.1. The Bertz CT molecular complexity index is 361. The lowest BCUT2D eigenvalue weighted by Crippen LogP contribution is -2.41. The number of nitrogens with zero attached hydrogens (tertiary/aromatic N) is 1. The molecule has 0 saturated carbocycles. The molecule has 0 aromatic carbocycles. The van der Waals surface area contributed by atoms with Gasteiger partial charge in [0.2, 0.25) is 5.91 Å². The topological polar surface area (TPSA) is 29.5 Å². The van der Waals surface area contributed by atoms with Gasteiger partial charge in [0, 0.05) is 23.8 Å². The van der Waals surface area contributed by atoms with E-state index in [1.165, 1.54) is 0 Å². The van der Waals surface area contributed by atoms with E-state index in [4.69, 9.17) is 16.3 Å². The van der Waals surface area contributed by atoms with E-state index in [0.29, 0.717) is 18.9 Å². The van der Waals surface area contributed by atoms with Crippen LogP contribution in [0, 0.1) is 0 Å². The molecule has 1 aromatic heterocycles. The maximum Gasteiger partial charge on any atom is 0.227 e. The number of amides is 1. The molecule has 2 rings (SSSR count). The van der Waals surface area contributed by atoms with Crippen molar-refractivity contribution >= 4 is 28.8 Å². The highest BCUT2D eigenvalue weighted by atomic mass is 35.5. The lowest BCUT2D eigenvalue weighted by Gasteiger charge is -2.31. The van der Waals surface area contributed by atoms with E-state index in [1.54, 1.807) is 11.3 Å². The van der Waals surface area contributed by atoms with E-state index < -0.39 is 0 Å². The predicted octanol–water partition coefficient (Wildman–Crippen LogP) is 2.54. The zero-order chi connectivity index (χ0) is 12.8. The minimum absolute atomic E-state index is 0.230. The molecule has 5 heteroatoms. The Morgan fingerprint density at radius 3 is 2.89 bits per heavy atom. The van der Waals surface area contributed by atoms with Gasteiger partial charge in [0.25, 0.3) is 0 Å². The van der Waals surface area contributed by atoms with E-state index in [1.807, 2.05) is 22.4 Å². The molecule has 1 aliphatic rings. The molecule has 18 heavy (non-hydrogen) atoms. The molecule has 0 bridgehead atoms. The number of hydrogen-bond donors (Lipinski definition) is 0. The summed E-state index contributed by atoms with van der Waals surface area (Å²) in [5.74, 6) is 0.769. The first-order valence-corrected chi connectivity index (χ1v) is 7.68. The third-order valence-electron chi connectivity index (χ3n) is 3.13. The van der Waals surface area contributed by atoms with Gasteiger partial charge in [0.1, 0.15) is 0 Å². The summed E-state index contributed by atoms with van der Waals surface area (Å²) < 4.78 is 5.60. The molecule has 2 heterocycles. The number of carbonyl (C=O) groups is 1. The fourth-order valence-electron chi connectivity index (χ4n) is 2.16. The van der Waals surface area contributed by atoms with Gasteiger partial charge in [-0.25, -0.2) is 0 Å². The fourth-order valence-corrected chi connectivity index (χ4v) is 2.94. The summed E-state index contributed by atoms with van der Waals surface area (Å²) in [5.41, 5.74) is 0. The smallest absolute Gasteiger partial charge is 0.227 e. The van der Waals surface area contributed by atoms with Gasteiger partial charge in [0.05, 0.1) is 19.1 Å². The summed E-state index contributed by atoms with van der Waals surface area (Å²) >= 11 is 7.23. The van der Waals surface area contributed by atoms with E-state index >= 15 is 0 Å². The third-order valence-corrected chi connectivity index (χ3v) is 4.16. The standard InChI is InChI=1S/C13H18ClNO2S/c14-5-8-17-11-3-6-15(7-4-11)13(16)10-12-2-1-9-18-12/h1-2,9,11H,3-8,10H2. The van der Waals surface area contributed by atoms with Crippen LogP contribution in [0.3, 0.4) is 0 Å². The molecular weight excluding hydrogens is 270 g/mol. The number of halogens is 1. The Labute approximate surface area is 117 Å².